The number of benzene rings is 3. The minimum atomic E-state index is -0.910. The number of hydrogen-bond acceptors (Lipinski definition) is 6. The van der Waals surface area contributed by atoms with Gasteiger partial charge in [-0.05, 0) is 74.9 Å². The van der Waals surface area contributed by atoms with E-state index in [-0.39, 0.29) is 11.9 Å². The van der Waals surface area contributed by atoms with E-state index in [9.17, 15) is 9.59 Å². The summed E-state index contributed by atoms with van der Waals surface area (Å²) in [6.45, 7) is 6.10. The fraction of sp³-hybridized carbons (Fsp3) is 0.222. The summed E-state index contributed by atoms with van der Waals surface area (Å²) in [6.07, 6.45) is -0.0607. The van der Waals surface area contributed by atoms with Crippen molar-refractivity contribution in [3.8, 4) is 11.5 Å². The number of nitrogens with two attached hydrogens (primary N) is 1. The Hall–Kier alpha value is -4.73. The molecule has 1 unspecified atom stereocenters. The van der Waals surface area contributed by atoms with Crippen molar-refractivity contribution in [3.63, 3.8) is 0 Å². The van der Waals surface area contributed by atoms with Crippen molar-refractivity contribution in [1.29, 1.82) is 5.41 Å². The number of amides is 3. The molecule has 3 aromatic carbocycles. The van der Waals surface area contributed by atoms with E-state index in [1.807, 2.05) is 26.8 Å². The molecule has 3 amide bonds. The maximum Gasteiger partial charge on any atom is 0.337 e. The lowest BCUT2D eigenvalue weighted by molar-refractivity contribution is -0.122. The van der Waals surface area contributed by atoms with Crippen molar-refractivity contribution < 1.29 is 19.1 Å². The maximum absolute atomic E-state index is 13.3. The van der Waals surface area contributed by atoms with Gasteiger partial charge in [0.05, 0.1) is 12.7 Å². The van der Waals surface area contributed by atoms with Crippen molar-refractivity contribution in [2.75, 3.05) is 17.2 Å². The zero-order chi connectivity index (χ0) is 26.8. The molecule has 37 heavy (non-hydrogen) atoms. The largest absolute Gasteiger partial charge is 0.490 e. The van der Waals surface area contributed by atoms with Gasteiger partial charge >= 0.3 is 6.03 Å². The molecule has 3 rings (SSSR count). The second-order valence-corrected chi connectivity index (χ2v) is 8.31. The van der Waals surface area contributed by atoms with Gasteiger partial charge in [0.1, 0.15) is 11.9 Å². The number of ether oxygens (including phenoxy) is 2. The van der Waals surface area contributed by atoms with Crippen molar-refractivity contribution in [1.82, 2.24) is 10.9 Å². The van der Waals surface area contributed by atoms with Crippen LogP contribution in [0.1, 0.15) is 37.9 Å². The molecule has 0 bridgehead atoms. The number of nitrogen functional groups attached to an aromatic ring is 1. The summed E-state index contributed by atoms with van der Waals surface area (Å²) in [5.41, 5.74) is 12.7. The van der Waals surface area contributed by atoms with Crippen LogP contribution < -0.4 is 36.7 Å². The van der Waals surface area contributed by atoms with Gasteiger partial charge in [0.25, 0.3) is 5.91 Å². The van der Waals surface area contributed by atoms with E-state index in [4.69, 9.17) is 20.6 Å². The van der Waals surface area contributed by atoms with Gasteiger partial charge < -0.3 is 25.8 Å². The maximum atomic E-state index is 13.3. The monoisotopic (exact) mass is 504 g/mol. The number of anilines is 2. The van der Waals surface area contributed by atoms with Crippen molar-refractivity contribution in [2.45, 2.75) is 32.9 Å². The molecule has 0 saturated carbocycles. The molecule has 0 aliphatic rings. The van der Waals surface area contributed by atoms with E-state index in [0.29, 0.717) is 40.6 Å². The first kappa shape index (κ1) is 26.9. The molecular weight excluding hydrogens is 472 g/mol. The first-order valence-corrected chi connectivity index (χ1v) is 11.8. The Bertz CT molecular complexity index is 1220. The Balaban J connectivity index is 1.84. The van der Waals surface area contributed by atoms with Crippen molar-refractivity contribution in [2.24, 2.45) is 5.73 Å². The van der Waals surface area contributed by atoms with Crippen LogP contribution in [0.15, 0.2) is 72.8 Å². The Morgan fingerprint density at radius 2 is 1.62 bits per heavy atom. The standard InChI is InChI=1S/C27H32N6O4/c1-4-36-23-16-19(12-15-22(23)37-17(2)3)24(30-21-13-10-18(11-14-21)25(28)29)26(34)32-33-27(35)31-20-8-6-5-7-9-20/h5-17,24,30H,4H2,1-3H3,(H3,28,29)(H,32,34)(H2,31,33,35). The molecule has 194 valence electrons. The fourth-order valence-electron chi connectivity index (χ4n) is 3.41. The summed E-state index contributed by atoms with van der Waals surface area (Å²) in [5, 5.41) is 13.4. The van der Waals surface area contributed by atoms with Crippen LogP contribution in [-0.4, -0.2) is 30.5 Å². The lowest BCUT2D eigenvalue weighted by atomic mass is 10.0. The smallest absolute Gasteiger partial charge is 0.337 e. The van der Waals surface area contributed by atoms with E-state index in [1.165, 1.54) is 0 Å². The molecule has 0 spiro atoms. The number of carbonyl (C=O) groups excluding carboxylic acids is 2. The first-order chi connectivity index (χ1) is 17.8. The lowest BCUT2D eigenvalue weighted by Crippen LogP contribution is -2.47. The molecule has 10 heteroatoms. The molecule has 1 atom stereocenters. The van der Waals surface area contributed by atoms with Crippen LogP contribution in [0.25, 0.3) is 0 Å². The van der Waals surface area contributed by atoms with Gasteiger partial charge in [-0.3, -0.25) is 15.6 Å². The van der Waals surface area contributed by atoms with Crippen LogP contribution in [-0.2, 0) is 4.79 Å². The fourth-order valence-corrected chi connectivity index (χ4v) is 3.41. The molecule has 0 saturated heterocycles. The second kappa shape index (κ2) is 12.8. The van der Waals surface area contributed by atoms with Gasteiger partial charge in [-0.15, -0.1) is 0 Å². The van der Waals surface area contributed by atoms with E-state index in [0.717, 1.165) is 0 Å². The highest BCUT2D eigenvalue weighted by atomic mass is 16.5. The van der Waals surface area contributed by atoms with Gasteiger partial charge in [-0.25, -0.2) is 10.2 Å². The van der Waals surface area contributed by atoms with Crippen LogP contribution in [0.3, 0.4) is 0 Å². The van der Waals surface area contributed by atoms with Crippen LogP contribution >= 0.6 is 0 Å². The van der Waals surface area contributed by atoms with E-state index in [2.05, 4.69) is 21.5 Å². The summed E-state index contributed by atoms with van der Waals surface area (Å²) >= 11 is 0. The first-order valence-electron chi connectivity index (χ1n) is 11.8. The van der Waals surface area contributed by atoms with E-state index in [1.54, 1.807) is 66.7 Å². The zero-order valence-electron chi connectivity index (χ0n) is 21.0. The molecule has 0 fully saturated rings. The van der Waals surface area contributed by atoms with Gasteiger partial charge in [0, 0.05) is 16.9 Å². The average Bonchev–Trinajstić information content (AvgIpc) is 2.87. The van der Waals surface area contributed by atoms with Crippen molar-refractivity contribution in [3.05, 3.63) is 83.9 Å². The molecule has 10 nitrogen and oxygen atoms in total. The average molecular weight is 505 g/mol. The van der Waals surface area contributed by atoms with Crippen LogP contribution in [0, 0.1) is 5.41 Å². The number of hydrogen-bond donors (Lipinski definition) is 6. The molecule has 7 N–H and O–H groups in total. The van der Waals surface area contributed by atoms with Crippen LogP contribution in [0.5, 0.6) is 11.5 Å². The molecule has 0 aliphatic carbocycles. The Labute approximate surface area is 216 Å². The second-order valence-electron chi connectivity index (χ2n) is 8.31. The summed E-state index contributed by atoms with van der Waals surface area (Å²) < 4.78 is 11.6. The summed E-state index contributed by atoms with van der Waals surface area (Å²) in [5.74, 6) is 0.483. The third-order valence-corrected chi connectivity index (χ3v) is 5.06. The van der Waals surface area contributed by atoms with Crippen LogP contribution in [0.4, 0.5) is 16.2 Å². The third-order valence-electron chi connectivity index (χ3n) is 5.06. The minimum Gasteiger partial charge on any atom is -0.490 e. The predicted octanol–water partition coefficient (Wildman–Crippen LogP) is 4.16. The summed E-state index contributed by atoms with van der Waals surface area (Å²) in [4.78, 5) is 25.6. The van der Waals surface area contributed by atoms with Gasteiger partial charge in [0.15, 0.2) is 11.5 Å². The van der Waals surface area contributed by atoms with E-state index < -0.39 is 18.0 Å². The van der Waals surface area contributed by atoms with Gasteiger partial charge in [0.2, 0.25) is 0 Å². The Kier molecular flexibility index (Phi) is 9.31. The molecule has 0 heterocycles. The summed E-state index contributed by atoms with van der Waals surface area (Å²) in [7, 11) is 0. The number of urea groups is 1. The van der Waals surface area contributed by atoms with Crippen LogP contribution in [0.2, 0.25) is 0 Å². The number of para-hydroxylation sites is 1. The number of amidine groups is 1. The molecule has 0 aliphatic heterocycles. The summed E-state index contributed by atoms with van der Waals surface area (Å²) in [6, 6.07) is 19.4. The zero-order valence-corrected chi connectivity index (χ0v) is 21.0. The topological polar surface area (TPSA) is 151 Å². The van der Waals surface area contributed by atoms with Crippen molar-refractivity contribution >= 4 is 29.1 Å². The molecule has 0 radical (unpaired) electrons. The molecule has 3 aromatic rings. The minimum absolute atomic E-state index is 0.0587. The number of nitrogens with one attached hydrogen (secondary N) is 5. The number of hydrazine groups is 1. The normalized spacial score (nSPS) is 11.2. The molecular formula is C27H32N6O4. The van der Waals surface area contributed by atoms with Gasteiger partial charge in [-0.2, -0.15) is 0 Å². The lowest BCUT2D eigenvalue weighted by Gasteiger charge is -2.22. The SMILES string of the molecule is CCOc1cc(C(Nc2ccc(C(=N)N)cc2)C(=O)NNC(=O)Nc2ccccc2)ccc1OC(C)C. The quantitative estimate of drug-likeness (QED) is 0.139. The highest BCUT2D eigenvalue weighted by Crippen LogP contribution is 2.32. The number of rotatable bonds is 10. The van der Waals surface area contributed by atoms with Gasteiger partial charge in [-0.1, -0.05) is 24.3 Å². The highest BCUT2D eigenvalue weighted by Gasteiger charge is 2.23. The van der Waals surface area contributed by atoms with E-state index >= 15 is 0 Å². The third kappa shape index (κ3) is 7.89. The Morgan fingerprint density at radius 3 is 2.24 bits per heavy atom. The highest BCUT2D eigenvalue weighted by molar-refractivity contribution is 5.95. The Morgan fingerprint density at radius 1 is 0.919 bits per heavy atom. The number of carbonyl (C=O) groups is 2. The predicted molar refractivity (Wildman–Crippen MR) is 144 cm³/mol. The molecule has 0 aromatic heterocycles.